The summed E-state index contributed by atoms with van der Waals surface area (Å²) in [5, 5.41) is 5.13. The van der Waals surface area contributed by atoms with Crippen molar-refractivity contribution in [1.82, 2.24) is 9.97 Å². The molecule has 2 aromatic heterocycles. The molecule has 0 unspecified atom stereocenters. The molecule has 0 amide bonds. The number of nitrogens with one attached hydrogen (secondary N) is 2. The van der Waals surface area contributed by atoms with Crippen molar-refractivity contribution < 1.29 is 0 Å². The molecule has 0 saturated heterocycles. The van der Waals surface area contributed by atoms with Crippen LogP contribution in [0.25, 0.3) is 10.9 Å². The number of halogens is 2. The first-order valence-electron chi connectivity index (χ1n) is 9.04. The summed E-state index contributed by atoms with van der Waals surface area (Å²) in [7, 11) is 0. The number of hydrogen-bond acceptors (Lipinski definition) is 4. The van der Waals surface area contributed by atoms with E-state index in [4.69, 9.17) is 28.9 Å². The number of anilines is 2. The first-order valence-corrected chi connectivity index (χ1v) is 9.80. The van der Waals surface area contributed by atoms with Gasteiger partial charge in [0.05, 0.1) is 5.52 Å². The lowest BCUT2D eigenvalue weighted by molar-refractivity contribution is 1.07. The van der Waals surface area contributed by atoms with Crippen LogP contribution in [-0.4, -0.2) is 9.97 Å². The van der Waals surface area contributed by atoms with Crippen LogP contribution in [0.15, 0.2) is 65.6 Å². The Hall–Kier alpha value is -2.86. The number of nitrogens with zero attached hydrogens (tertiary/aromatic N) is 1. The summed E-state index contributed by atoms with van der Waals surface area (Å²) in [5.74, 6) is 0.635. The second-order valence-corrected chi connectivity index (χ2v) is 7.50. The third-order valence-corrected chi connectivity index (χ3v) is 5.40. The second kappa shape index (κ2) is 8.25. The molecule has 4 rings (SSSR count). The fraction of sp³-hybridized carbons (Fsp3) is 0.0909. The molecular weight excluding hydrogens is 407 g/mol. The monoisotopic (exact) mass is 424 g/mol. The largest absolute Gasteiger partial charge is 0.340 e. The Balaban J connectivity index is 1.63. The Bertz CT molecular complexity index is 1220. The van der Waals surface area contributed by atoms with Gasteiger partial charge in [-0.05, 0) is 41.5 Å². The highest BCUT2D eigenvalue weighted by Gasteiger charge is 2.11. The summed E-state index contributed by atoms with van der Waals surface area (Å²) in [6.07, 6.45) is 2.07. The molecule has 0 aliphatic heterocycles. The molecule has 0 aliphatic rings. The molecule has 0 atom stereocenters. The van der Waals surface area contributed by atoms with E-state index < -0.39 is 0 Å². The lowest BCUT2D eigenvalue weighted by atomic mass is 10.0. The van der Waals surface area contributed by atoms with Crippen LogP contribution >= 0.6 is 23.2 Å². The van der Waals surface area contributed by atoms with E-state index in [-0.39, 0.29) is 5.56 Å². The van der Waals surface area contributed by atoms with Gasteiger partial charge in [-0.25, -0.2) is 4.98 Å². The zero-order valence-corrected chi connectivity index (χ0v) is 16.9. The lowest BCUT2D eigenvalue weighted by Crippen LogP contribution is -2.13. The van der Waals surface area contributed by atoms with Crippen LogP contribution in [0.1, 0.15) is 16.7 Å². The third kappa shape index (κ3) is 4.27. The number of pyridine rings is 2. The fourth-order valence-electron chi connectivity index (χ4n) is 3.11. The number of hydrogen-bond donors (Lipinski definition) is 3. The molecule has 7 heteroatoms. The molecule has 5 nitrogen and oxygen atoms in total. The molecule has 0 bridgehead atoms. The Morgan fingerprint density at radius 3 is 2.45 bits per heavy atom. The van der Waals surface area contributed by atoms with Crippen molar-refractivity contribution in [3.05, 3.63) is 97.9 Å². The molecule has 146 valence electrons. The Morgan fingerprint density at radius 2 is 1.76 bits per heavy atom. The maximum atomic E-state index is 12.6. The minimum atomic E-state index is -0.182. The Kier molecular flexibility index (Phi) is 5.53. The molecule has 29 heavy (non-hydrogen) atoms. The van der Waals surface area contributed by atoms with Crippen molar-refractivity contribution in [2.75, 3.05) is 5.32 Å². The minimum Gasteiger partial charge on any atom is -0.340 e. The van der Waals surface area contributed by atoms with E-state index in [2.05, 4.69) is 15.3 Å². The van der Waals surface area contributed by atoms with Gasteiger partial charge >= 0.3 is 0 Å². The van der Waals surface area contributed by atoms with Crippen LogP contribution < -0.4 is 16.6 Å². The summed E-state index contributed by atoms with van der Waals surface area (Å²) < 4.78 is 0. The van der Waals surface area contributed by atoms with E-state index in [9.17, 15) is 4.79 Å². The first kappa shape index (κ1) is 19.5. The first-order chi connectivity index (χ1) is 14.0. The Labute approximate surface area is 177 Å². The van der Waals surface area contributed by atoms with Gasteiger partial charge in [-0.2, -0.15) is 0 Å². The molecule has 4 aromatic rings. The van der Waals surface area contributed by atoms with Crippen LogP contribution in [0.2, 0.25) is 10.0 Å². The highest BCUT2D eigenvalue weighted by molar-refractivity contribution is 6.36. The normalized spacial score (nSPS) is 11.0. The summed E-state index contributed by atoms with van der Waals surface area (Å²) in [5.41, 5.74) is 9.39. The molecule has 0 fully saturated rings. The zero-order chi connectivity index (χ0) is 20.4. The molecule has 2 heterocycles. The average Bonchev–Trinajstić information content (AvgIpc) is 2.72. The number of H-pyrrole nitrogens is 1. The van der Waals surface area contributed by atoms with Crippen molar-refractivity contribution >= 4 is 45.6 Å². The molecule has 0 aliphatic carbocycles. The van der Waals surface area contributed by atoms with Crippen molar-refractivity contribution in [3.63, 3.8) is 0 Å². The van der Waals surface area contributed by atoms with E-state index in [0.717, 1.165) is 22.2 Å². The number of aromatic amines is 1. The summed E-state index contributed by atoms with van der Waals surface area (Å²) >= 11 is 12.5. The lowest BCUT2D eigenvalue weighted by Gasteiger charge is -2.09. The van der Waals surface area contributed by atoms with Gasteiger partial charge in [-0.3, -0.25) is 4.79 Å². The van der Waals surface area contributed by atoms with Crippen LogP contribution in [0.5, 0.6) is 0 Å². The maximum absolute atomic E-state index is 12.6. The van der Waals surface area contributed by atoms with Gasteiger partial charge in [0, 0.05) is 51.9 Å². The number of rotatable bonds is 5. The molecule has 4 N–H and O–H groups in total. The topological polar surface area (TPSA) is 83.8 Å². The predicted molar refractivity (Wildman–Crippen MR) is 119 cm³/mol. The van der Waals surface area contributed by atoms with Gasteiger partial charge in [0.2, 0.25) is 0 Å². The fourth-order valence-corrected chi connectivity index (χ4v) is 3.64. The van der Waals surface area contributed by atoms with Crippen molar-refractivity contribution in [3.8, 4) is 0 Å². The standard InChI is InChI=1S/C22H18Cl2N4O/c23-18-2-1-3-19(24)17(18)9-14-8-15-12-26-21(10-20(15)28-22(14)29)27-16-6-4-13(11-25)5-7-16/h1-8,10,12H,9,11,25H2,(H,26,27)(H,28,29). The smallest absolute Gasteiger partial charge is 0.251 e. The molecular formula is C22H18Cl2N4O. The van der Waals surface area contributed by atoms with E-state index >= 15 is 0 Å². The number of benzene rings is 2. The average molecular weight is 425 g/mol. The molecule has 0 saturated carbocycles. The number of nitrogens with two attached hydrogens (primary N) is 1. The summed E-state index contributed by atoms with van der Waals surface area (Å²) in [6, 6.07) is 16.7. The van der Waals surface area contributed by atoms with Gasteiger partial charge < -0.3 is 16.0 Å². The van der Waals surface area contributed by atoms with Gasteiger partial charge in [-0.15, -0.1) is 0 Å². The van der Waals surface area contributed by atoms with Crippen molar-refractivity contribution in [2.45, 2.75) is 13.0 Å². The predicted octanol–water partition coefficient (Wildman–Crippen LogP) is 5.02. The van der Waals surface area contributed by atoms with Gasteiger partial charge in [0.1, 0.15) is 5.82 Å². The van der Waals surface area contributed by atoms with Gasteiger partial charge in [0.25, 0.3) is 5.56 Å². The third-order valence-electron chi connectivity index (χ3n) is 4.70. The highest BCUT2D eigenvalue weighted by Crippen LogP contribution is 2.27. The highest BCUT2D eigenvalue weighted by atomic mass is 35.5. The summed E-state index contributed by atoms with van der Waals surface area (Å²) in [4.78, 5) is 20.0. The molecule has 2 aromatic carbocycles. The SMILES string of the molecule is NCc1ccc(Nc2cc3[nH]c(=O)c(Cc4c(Cl)cccc4Cl)cc3cn2)cc1. The minimum absolute atomic E-state index is 0.182. The van der Waals surface area contributed by atoms with Crippen molar-refractivity contribution in [2.24, 2.45) is 5.73 Å². The second-order valence-electron chi connectivity index (χ2n) is 6.68. The summed E-state index contributed by atoms with van der Waals surface area (Å²) in [6.45, 7) is 0.498. The van der Waals surface area contributed by atoms with Crippen molar-refractivity contribution in [1.29, 1.82) is 0 Å². The van der Waals surface area contributed by atoms with Crippen LogP contribution in [0.3, 0.4) is 0 Å². The van der Waals surface area contributed by atoms with E-state index in [1.165, 1.54) is 0 Å². The Morgan fingerprint density at radius 1 is 1.03 bits per heavy atom. The number of fused-ring (bicyclic) bond motifs is 1. The van der Waals surface area contributed by atoms with E-state index in [1.807, 2.05) is 30.3 Å². The van der Waals surface area contributed by atoms with E-state index in [1.54, 1.807) is 30.5 Å². The van der Waals surface area contributed by atoms with E-state index in [0.29, 0.717) is 39.9 Å². The molecule has 0 spiro atoms. The molecule has 0 radical (unpaired) electrons. The van der Waals surface area contributed by atoms with Crippen LogP contribution in [0, 0.1) is 0 Å². The quantitative estimate of drug-likeness (QED) is 0.419. The van der Waals surface area contributed by atoms with Crippen LogP contribution in [0.4, 0.5) is 11.5 Å². The van der Waals surface area contributed by atoms with Gasteiger partial charge in [0.15, 0.2) is 0 Å². The zero-order valence-electron chi connectivity index (χ0n) is 15.4. The van der Waals surface area contributed by atoms with Gasteiger partial charge in [-0.1, -0.05) is 41.4 Å². The maximum Gasteiger partial charge on any atom is 0.251 e. The van der Waals surface area contributed by atoms with Crippen LogP contribution in [-0.2, 0) is 13.0 Å². The number of aromatic nitrogens is 2.